The second-order valence-electron chi connectivity index (χ2n) is 4.98. The zero-order chi connectivity index (χ0) is 13.0. The van der Waals surface area contributed by atoms with Crippen LogP contribution < -0.4 is 14.8 Å². The Morgan fingerprint density at radius 3 is 2.94 bits per heavy atom. The van der Waals surface area contributed by atoms with Crippen molar-refractivity contribution in [3.63, 3.8) is 0 Å². The molecule has 2 heterocycles. The van der Waals surface area contributed by atoms with Gasteiger partial charge in [-0.2, -0.15) is 0 Å². The van der Waals surface area contributed by atoms with Crippen LogP contribution >= 0.6 is 0 Å². The maximum Gasteiger partial charge on any atom is 0.213 e. The molecule has 18 heavy (non-hydrogen) atoms. The molecule has 2 rings (SSSR count). The monoisotopic (exact) mass is 252 g/mol. The van der Waals surface area contributed by atoms with Crippen molar-refractivity contribution in [3.8, 4) is 11.6 Å². The summed E-state index contributed by atoms with van der Waals surface area (Å²) < 4.78 is 16.5. The maximum absolute atomic E-state index is 5.90. The number of nitrogens with one attached hydrogen (secondary N) is 1. The SMILES string of the molecule is COc1ccc(OCC2CNCC(C)(C)O2)nc1. The lowest BCUT2D eigenvalue weighted by Crippen LogP contribution is -2.52. The molecule has 0 bridgehead atoms. The quantitative estimate of drug-likeness (QED) is 0.873. The zero-order valence-electron chi connectivity index (χ0n) is 11.1. The number of nitrogens with zero attached hydrogens (tertiary/aromatic N) is 1. The molecule has 0 spiro atoms. The average molecular weight is 252 g/mol. The average Bonchev–Trinajstić information content (AvgIpc) is 2.36. The summed E-state index contributed by atoms with van der Waals surface area (Å²) in [5.74, 6) is 1.31. The van der Waals surface area contributed by atoms with Crippen LogP contribution in [0.5, 0.6) is 11.6 Å². The van der Waals surface area contributed by atoms with Gasteiger partial charge in [-0.05, 0) is 19.9 Å². The van der Waals surface area contributed by atoms with Gasteiger partial charge < -0.3 is 19.5 Å². The highest BCUT2D eigenvalue weighted by Gasteiger charge is 2.28. The first-order chi connectivity index (χ1) is 8.59. The molecule has 1 atom stereocenters. The third kappa shape index (κ3) is 3.58. The molecule has 1 aliphatic heterocycles. The number of rotatable bonds is 4. The molecular weight excluding hydrogens is 232 g/mol. The Morgan fingerprint density at radius 2 is 2.33 bits per heavy atom. The van der Waals surface area contributed by atoms with Crippen molar-refractivity contribution < 1.29 is 14.2 Å². The van der Waals surface area contributed by atoms with Gasteiger partial charge in [-0.25, -0.2) is 4.98 Å². The van der Waals surface area contributed by atoms with Gasteiger partial charge in [-0.1, -0.05) is 0 Å². The van der Waals surface area contributed by atoms with E-state index in [0.717, 1.165) is 18.8 Å². The van der Waals surface area contributed by atoms with E-state index in [9.17, 15) is 0 Å². The first-order valence-corrected chi connectivity index (χ1v) is 6.10. The number of methoxy groups -OCH3 is 1. The third-order valence-electron chi connectivity index (χ3n) is 2.77. The highest BCUT2D eigenvalue weighted by molar-refractivity contribution is 5.22. The molecule has 100 valence electrons. The number of hydrogen-bond acceptors (Lipinski definition) is 5. The maximum atomic E-state index is 5.90. The molecule has 1 N–H and O–H groups in total. The van der Waals surface area contributed by atoms with E-state index < -0.39 is 0 Å². The smallest absolute Gasteiger partial charge is 0.213 e. The Balaban J connectivity index is 1.83. The van der Waals surface area contributed by atoms with Crippen LogP contribution in [-0.4, -0.2) is 43.5 Å². The Kier molecular flexibility index (Phi) is 4.04. The minimum absolute atomic E-state index is 0.0534. The Labute approximate surface area is 107 Å². The molecule has 1 unspecified atom stereocenters. The van der Waals surface area contributed by atoms with E-state index in [4.69, 9.17) is 14.2 Å². The molecular formula is C13H20N2O3. The summed E-state index contributed by atoms with van der Waals surface area (Å²) in [6.07, 6.45) is 1.69. The molecule has 1 fully saturated rings. The lowest BCUT2D eigenvalue weighted by molar-refractivity contribution is -0.107. The Morgan fingerprint density at radius 1 is 1.50 bits per heavy atom. The molecule has 1 aliphatic rings. The van der Waals surface area contributed by atoms with Gasteiger partial charge >= 0.3 is 0 Å². The van der Waals surface area contributed by atoms with Crippen molar-refractivity contribution in [2.24, 2.45) is 0 Å². The molecule has 0 saturated carbocycles. The van der Waals surface area contributed by atoms with Gasteiger partial charge in [0.15, 0.2) is 0 Å². The highest BCUT2D eigenvalue weighted by atomic mass is 16.6. The van der Waals surface area contributed by atoms with E-state index in [0.29, 0.717) is 12.5 Å². The summed E-state index contributed by atoms with van der Waals surface area (Å²) in [5, 5.41) is 3.33. The number of pyridine rings is 1. The summed E-state index contributed by atoms with van der Waals surface area (Å²) >= 11 is 0. The number of hydrogen-bond donors (Lipinski definition) is 1. The minimum Gasteiger partial charge on any atom is -0.495 e. The van der Waals surface area contributed by atoms with Gasteiger partial charge in [0, 0.05) is 19.2 Å². The van der Waals surface area contributed by atoms with Crippen LogP contribution in [0.3, 0.4) is 0 Å². The predicted molar refractivity (Wildman–Crippen MR) is 68.1 cm³/mol. The van der Waals surface area contributed by atoms with Crippen molar-refractivity contribution in [2.75, 3.05) is 26.8 Å². The first-order valence-electron chi connectivity index (χ1n) is 6.10. The number of aromatic nitrogens is 1. The van der Waals surface area contributed by atoms with Crippen LogP contribution in [0.1, 0.15) is 13.8 Å². The van der Waals surface area contributed by atoms with Gasteiger partial charge in [0.05, 0.1) is 18.9 Å². The molecule has 0 amide bonds. The summed E-state index contributed by atoms with van der Waals surface area (Å²) in [5.41, 5.74) is -0.139. The Bertz CT molecular complexity index is 378. The van der Waals surface area contributed by atoms with Crippen molar-refractivity contribution in [3.05, 3.63) is 18.3 Å². The van der Waals surface area contributed by atoms with Crippen molar-refractivity contribution in [1.82, 2.24) is 10.3 Å². The fraction of sp³-hybridized carbons (Fsp3) is 0.615. The third-order valence-corrected chi connectivity index (χ3v) is 2.77. The molecule has 1 saturated heterocycles. The summed E-state index contributed by atoms with van der Waals surface area (Å²) in [7, 11) is 1.61. The minimum atomic E-state index is -0.139. The lowest BCUT2D eigenvalue weighted by Gasteiger charge is -2.36. The topological polar surface area (TPSA) is 52.6 Å². The molecule has 1 aromatic rings. The highest BCUT2D eigenvalue weighted by Crippen LogP contribution is 2.17. The van der Waals surface area contributed by atoms with Gasteiger partial charge in [0.1, 0.15) is 18.5 Å². The zero-order valence-corrected chi connectivity index (χ0v) is 11.1. The van der Waals surface area contributed by atoms with Crippen LogP contribution in [0.15, 0.2) is 18.3 Å². The fourth-order valence-electron chi connectivity index (χ4n) is 1.91. The van der Waals surface area contributed by atoms with Crippen LogP contribution in [0.4, 0.5) is 0 Å². The second-order valence-corrected chi connectivity index (χ2v) is 4.98. The van der Waals surface area contributed by atoms with Crippen LogP contribution in [0.2, 0.25) is 0 Å². The molecule has 0 radical (unpaired) electrons. The van der Waals surface area contributed by atoms with Crippen molar-refractivity contribution >= 4 is 0 Å². The molecule has 1 aromatic heterocycles. The number of morpholine rings is 1. The van der Waals surface area contributed by atoms with Crippen molar-refractivity contribution in [2.45, 2.75) is 25.6 Å². The lowest BCUT2D eigenvalue weighted by atomic mass is 10.1. The fourth-order valence-corrected chi connectivity index (χ4v) is 1.91. The van der Waals surface area contributed by atoms with E-state index in [1.54, 1.807) is 19.4 Å². The van der Waals surface area contributed by atoms with E-state index in [-0.39, 0.29) is 11.7 Å². The number of ether oxygens (including phenoxy) is 3. The van der Waals surface area contributed by atoms with Gasteiger partial charge in [-0.3, -0.25) is 0 Å². The molecule has 0 aromatic carbocycles. The van der Waals surface area contributed by atoms with Crippen LogP contribution in [0, 0.1) is 0 Å². The van der Waals surface area contributed by atoms with Crippen molar-refractivity contribution in [1.29, 1.82) is 0 Å². The molecule has 5 heteroatoms. The van der Waals surface area contributed by atoms with E-state index in [2.05, 4.69) is 24.1 Å². The second kappa shape index (κ2) is 5.54. The summed E-state index contributed by atoms with van der Waals surface area (Å²) in [4.78, 5) is 4.15. The van der Waals surface area contributed by atoms with E-state index >= 15 is 0 Å². The van der Waals surface area contributed by atoms with E-state index in [1.807, 2.05) is 6.07 Å². The summed E-state index contributed by atoms with van der Waals surface area (Å²) in [6, 6.07) is 3.62. The molecule has 0 aliphatic carbocycles. The van der Waals surface area contributed by atoms with Gasteiger partial charge in [0.25, 0.3) is 0 Å². The van der Waals surface area contributed by atoms with Crippen LogP contribution in [-0.2, 0) is 4.74 Å². The predicted octanol–water partition coefficient (Wildman–Crippen LogP) is 1.24. The van der Waals surface area contributed by atoms with Crippen LogP contribution in [0.25, 0.3) is 0 Å². The largest absolute Gasteiger partial charge is 0.495 e. The van der Waals surface area contributed by atoms with Gasteiger partial charge in [0.2, 0.25) is 5.88 Å². The standard InChI is InChI=1S/C13H20N2O3/c1-13(2)9-14-6-11(18-13)8-17-12-5-4-10(16-3)7-15-12/h4-5,7,11,14H,6,8-9H2,1-3H3. The Hall–Kier alpha value is -1.33. The first kappa shape index (κ1) is 13.1. The summed E-state index contributed by atoms with van der Waals surface area (Å²) in [6.45, 7) is 6.30. The van der Waals surface area contributed by atoms with E-state index in [1.165, 1.54) is 0 Å². The molecule has 5 nitrogen and oxygen atoms in total. The normalized spacial score (nSPS) is 22.5. The van der Waals surface area contributed by atoms with Gasteiger partial charge in [-0.15, -0.1) is 0 Å².